The summed E-state index contributed by atoms with van der Waals surface area (Å²) in [5, 5.41) is 4.20. The molecule has 3 heteroatoms. The molecule has 2 heterocycles. The molecule has 11 atom stereocenters. The number of hydrogen-bond donors (Lipinski definition) is 0. The van der Waals surface area contributed by atoms with Crippen molar-refractivity contribution in [3.63, 3.8) is 0 Å². The van der Waals surface area contributed by atoms with Gasteiger partial charge in [-0.15, -0.1) is 0 Å². The van der Waals surface area contributed by atoms with Gasteiger partial charge in [-0.25, -0.2) is 0 Å². The zero-order chi connectivity index (χ0) is 37.7. The third-order valence-electron chi connectivity index (χ3n) is 21.5. The molecule has 1 nitrogen and oxygen atoms in total. The van der Waals surface area contributed by atoms with Crippen molar-refractivity contribution in [2.45, 2.75) is 264 Å². The summed E-state index contributed by atoms with van der Waals surface area (Å²) in [5.74, 6) is 13.0. The molecule has 2 saturated heterocycles. The molecule has 0 aromatic heterocycles. The molecule has 0 spiro atoms. The van der Waals surface area contributed by atoms with E-state index in [2.05, 4.69) is 28.4 Å². The maximum atomic E-state index is 3.36. The Labute approximate surface area is 361 Å². The van der Waals surface area contributed by atoms with Crippen LogP contribution in [0, 0.1) is 71.0 Å². The van der Waals surface area contributed by atoms with Crippen molar-refractivity contribution in [2.75, 3.05) is 0 Å². The van der Waals surface area contributed by atoms with Crippen LogP contribution in [0.1, 0.15) is 225 Å². The third kappa shape index (κ3) is 8.32. The van der Waals surface area contributed by atoms with Crippen LogP contribution >= 0.6 is 23.5 Å². The molecule has 11 rings (SSSR count). The van der Waals surface area contributed by atoms with E-state index in [1.54, 1.807) is 180 Å². The average Bonchev–Trinajstić information content (AvgIpc) is 3.87. The lowest BCUT2D eigenvalue weighted by Gasteiger charge is -2.51. The lowest BCUT2D eigenvalue weighted by Crippen LogP contribution is -2.53. The molecule has 322 valence electrons. The van der Waals surface area contributed by atoms with Gasteiger partial charge in [0.1, 0.15) is 0 Å². The second kappa shape index (κ2) is 18.4. The van der Waals surface area contributed by atoms with E-state index in [4.69, 9.17) is 0 Å². The van der Waals surface area contributed by atoms with Crippen molar-refractivity contribution in [3.05, 3.63) is 0 Å². The maximum absolute atomic E-state index is 3.36. The largest absolute Gasteiger partial charge is 0.294 e. The van der Waals surface area contributed by atoms with E-state index in [1.807, 2.05) is 0 Å². The molecular weight excluding hydrogens is 727 g/mol. The molecule has 0 radical (unpaired) electrons. The Morgan fingerprint density at radius 1 is 0.263 bits per heavy atom. The normalized spacial score (nSPS) is 50.2. The number of nitrogens with zero attached hydrogens (tertiary/aromatic N) is 1. The van der Waals surface area contributed by atoms with E-state index in [1.165, 1.54) is 44.9 Å². The Bertz CT molecular complexity index is 1230. The van der Waals surface area contributed by atoms with Crippen LogP contribution in [0.5, 0.6) is 0 Å². The van der Waals surface area contributed by atoms with Crippen LogP contribution in [0.4, 0.5) is 0 Å². The fourth-order valence-corrected chi connectivity index (χ4v) is 23.7. The Hall–Kier alpha value is 0.660. The van der Waals surface area contributed by atoms with Crippen LogP contribution in [0.15, 0.2) is 0 Å². The summed E-state index contributed by atoms with van der Waals surface area (Å²) in [5.41, 5.74) is 0. The fraction of sp³-hybridized carbons (Fsp3) is 1.00. The highest BCUT2D eigenvalue weighted by atomic mass is 32.2. The van der Waals surface area contributed by atoms with Gasteiger partial charge in [-0.05, 0) is 193 Å². The van der Waals surface area contributed by atoms with Gasteiger partial charge in [-0.1, -0.05) is 103 Å². The molecule has 11 aliphatic rings. The first-order chi connectivity index (χ1) is 28.2. The Kier molecular flexibility index (Phi) is 13.1. The molecule has 0 N–H and O–H groups in total. The summed E-state index contributed by atoms with van der Waals surface area (Å²) in [6.07, 6.45) is 54.9. The first kappa shape index (κ1) is 40.4. The highest BCUT2D eigenvalue weighted by molar-refractivity contribution is 8.02. The van der Waals surface area contributed by atoms with Gasteiger partial charge in [0.05, 0.1) is 0 Å². The first-order valence-electron chi connectivity index (χ1n) is 27.3. The monoisotopic (exact) mass is 816 g/mol. The second-order valence-electron chi connectivity index (χ2n) is 23.9. The average molecular weight is 816 g/mol. The van der Waals surface area contributed by atoms with Gasteiger partial charge in [0.25, 0.3) is 0 Å². The molecule has 9 aliphatic carbocycles. The van der Waals surface area contributed by atoms with Crippen LogP contribution in [-0.2, 0) is 0 Å². The van der Waals surface area contributed by atoms with Crippen LogP contribution < -0.4 is 0 Å². The number of fused-ring (bicyclic) bond motifs is 7. The van der Waals surface area contributed by atoms with Gasteiger partial charge in [-0.3, -0.25) is 4.90 Å². The molecule has 2 aliphatic heterocycles. The van der Waals surface area contributed by atoms with E-state index in [0.29, 0.717) is 0 Å². The summed E-state index contributed by atoms with van der Waals surface area (Å²) in [4.78, 5) is 3.36. The van der Waals surface area contributed by atoms with Gasteiger partial charge >= 0.3 is 0 Å². The quantitative estimate of drug-likeness (QED) is 0.252. The zero-order valence-electron chi connectivity index (χ0n) is 37.0. The molecule has 57 heavy (non-hydrogen) atoms. The van der Waals surface area contributed by atoms with E-state index in [0.717, 1.165) is 110 Å². The molecule has 0 aromatic carbocycles. The van der Waals surface area contributed by atoms with Crippen molar-refractivity contribution in [2.24, 2.45) is 71.0 Å². The van der Waals surface area contributed by atoms with Crippen molar-refractivity contribution >= 4 is 23.5 Å². The van der Waals surface area contributed by atoms with Gasteiger partial charge in [0.2, 0.25) is 0 Å². The molecule has 0 aromatic rings. The SMILES string of the molecule is C1CCC(C2CCC(N(C3CCC(C4CCCCC4)CC3)C3CCC(C4CCCC(C5CCCC6C7CCC8SC9CCCCC9C8C7SC56)C4)CC3)CC2)CC1. The summed E-state index contributed by atoms with van der Waals surface area (Å²) in [6, 6.07) is 2.78. The van der Waals surface area contributed by atoms with E-state index >= 15 is 0 Å². The van der Waals surface area contributed by atoms with Gasteiger partial charge in [0, 0.05) is 39.1 Å². The zero-order valence-corrected chi connectivity index (χ0v) is 38.6. The minimum Gasteiger partial charge on any atom is -0.294 e. The number of thioether (sulfide) groups is 2. The first-order valence-corrected chi connectivity index (χ1v) is 29.2. The highest BCUT2D eigenvalue weighted by Crippen LogP contribution is 2.66. The predicted molar refractivity (Wildman–Crippen MR) is 247 cm³/mol. The molecular formula is C54H89NS2. The van der Waals surface area contributed by atoms with Crippen molar-refractivity contribution < 1.29 is 0 Å². The van der Waals surface area contributed by atoms with Crippen LogP contribution in [0.2, 0.25) is 0 Å². The van der Waals surface area contributed by atoms with Crippen molar-refractivity contribution in [1.29, 1.82) is 0 Å². The van der Waals surface area contributed by atoms with Crippen LogP contribution in [0.25, 0.3) is 0 Å². The maximum Gasteiger partial charge on any atom is 0.0123 e. The second-order valence-corrected chi connectivity index (χ2v) is 26.8. The lowest BCUT2D eigenvalue weighted by molar-refractivity contribution is -0.0128. The molecule has 11 unspecified atom stereocenters. The molecule has 11 fully saturated rings. The standard InChI is InChI=1S/C54H89NS2/c1-3-11-36(12-4-1)38-21-27-43(28-22-38)55(44-29-23-39(24-30-44)37-13-5-2-6-14-37)45-31-25-40(26-32-45)41-15-9-16-42(35-41)46-18-10-19-47-48-33-34-51-52(54(48)57-53(46)47)49-17-7-8-20-50(49)56-51/h36-54H,1-35H2. The summed E-state index contributed by atoms with van der Waals surface area (Å²) in [6.45, 7) is 0. The van der Waals surface area contributed by atoms with Crippen LogP contribution in [0.3, 0.4) is 0 Å². The fourth-order valence-electron chi connectivity index (χ4n) is 18.9. The number of hydrogen-bond acceptors (Lipinski definition) is 3. The molecule has 0 bridgehead atoms. The van der Waals surface area contributed by atoms with Gasteiger partial charge in [-0.2, -0.15) is 23.5 Å². The summed E-state index contributed by atoms with van der Waals surface area (Å²) in [7, 11) is 0. The summed E-state index contributed by atoms with van der Waals surface area (Å²) < 4.78 is 0. The third-order valence-corrected chi connectivity index (χ3v) is 25.4. The Morgan fingerprint density at radius 3 is 1.35 bits per heavy atom. The lowest BCUT2D eigenvalue weighted by atomic mass is 9.60. The minimum absolute atomic E-state index is 0.923. The van der Waals surface area contributed by atoms with Crippen molar-refractivity contribution in [1.82, 2.24) is 4.90 Å². The van der Waals surface area contributed by atoms with Crippen LogP contribution in [-0.4, -0.2) is 44.0 Å². The Balaban J connectivity index is 0.726. The molecule has 0 amide bonds. The van der Waals surface area contributed by atoms with E-state index in [9.17, 15) is 0 Å². The topological polar surface area (TPSA) is 3.24 Å². The predicted octanol–water partition coefficient (Wildman–Crippen LogP) is 15.5. The van der Waals surface area contributed by atoms with Gasteiger partial charge in [0.15, 0.2) is 0 Å². The van der Waals surface area contributed by atoms with E-state index in [-0.39, 0.29) is 0 Å². The molecule has 9 saturated carbocycles. The summed E-state index contributed by atoms with van der Waals surface area (Å²) >= 11 is 5.19. The Morgan fingerprint density at radius 2 is 0.719 bits per heavy atom. The van der Waals surface area contributed by atoms with Gasteiger partial charge < -0.3 is 0 Å². The minimum atomic E-state index is 0.923. The van der Waals surface area contributed by atoms with Crippen molar-refractivity contribution in [3.8, 4) is 0 Å². The van der Waals surface area contributed by atoms with E-state index < -0.39 is 0 Å². The smallest absolute Gasteiger partial charge is 0.0123 e. The highest BCUT2D eigenvalue weighted by Gasteiger charge is 2.59. The number of rotatable bonds is 7.